The summed E-state index contributed by atoms with van der Waals surface area (Å²) in [6, 6.07) is 17.5. The number of aromatic nitrogens is 3. The zero-order valence-corrected chi connectivity index (χ0v) is 15.7. The topological polar surface area (TPSA) is 79.8 Å². The van der Waals surface area contributed by atoms with Crippen molar-refractivity contribution in [2.24, 2.45) is 0 Å². The van der Waals surface area contributed by atoms with Crippen LogP contribution in [0.25, 0.3) is 10.9 Å². The number of halogens is 1. The molecule has 0 aliphatic carbocycles. The van der Waals surface area contributed by atoms with Crippen LogP contribution < -0.4 is 10.6 Å². The summed E-state index contributed by atoms with van der Waals surface area (Å²) in [4.78, 5) is 25.5. The van der Waals surface area contributed by atoms with Crippen LogP contribution in [-0.4, -0.2) is 20.9 Å². The Morgan fingerprint density at radius 2 is 1.86 bits per heavy atom. The lowest BCUT2D eigenvalue weighted by atomic mass is 10.2. The maximum Gasteiger partial charge on any atom is 0.270 e. The molecule has 1 amide bonds. The summed E-state index contributed by atoms with van der Waals surface area (Å²) in [5.74, 6) is 0.154. The molecular formula is C22H18FN5O. The van der Waals surface area contributed by atoms with E-state index in [0.29, 0.717) is 17.2 Å². The average molecular weight is 387 g/mol. The van der Waals surface area contributed by atoms with Gasteiger partial charge in [-0.1, -0.05) is 36.4 Å². The molecule has 2 aromatic heterocycles. The molecular weight excluding hydrogens is 369 g/mol. The lowest BCUT2D eigenvalue weighted by molar-refractivity contribution is 0.0945. The van der Waals surface area contributed by atoms with Crippen molar-refractivity contribution < 1.29 is 9.18 Å². The quantitative estimate of drug-likeness (QED) is 0.538. The van der Waals surface area contributed by atoms with Gasteiger partial charge in [-0.3, -0.25) is 9.78 Å². The molecule has 0 fully saturated rings. The first-order valence-corrected chi connectivity index (χ1v) is 9.08. The third kappa shape index (κ3) is 4.19. The summed E-state index contributed by atoms with van der Waals surface area (Å²) in [6.45, 7) is 1.78. The van der Waals surface area contributed by atoms with Crippen molar-refractivity contribution in [3.05, 3.63) is 89.8 Å². The molecule has 0 saturated carbocycles. The predicted octanol–water partition coefficient (Wildman–Crippen LogP) is 4.15. The van der Waals surface area contributed by atoms with E-state index in [4.69, 9.17) is 0 Å². The number of nitrogens with one attached hydrogen (secondary N) is 2. The smallest absolute Gasteiger partial charge is 0.270 e. The molecule has 29 heavy (non-hydrogen) atoms. The number of hydrogen-bond donors (Lipinski definition) is 2. The van der Waals surface area contributed by atoms with Crippen molar-refractivity contribution in [2.45, 2.75) is 13.5 Å². The van der Waals surface area contributed by atoms with E-state index in [1.807, 2.05) is 30.3 Å². The third-order valence-electron chi connectivity index (χ3n) is 4.36. The number of nitrogens with zero attached hydrogens (tertiary/aromatic N) is 3. The Labute approximate surface area is 166 Å². The average Bonchev–Trinajstić information content (AvgIpc) is 2.73. The molecule has 0 radical (unpaired) electrons. The number of carbonyl (C=O) groups excluding carboxylic acids is 1. The largest absolute Gasteiger partial charge is 0.347 e. The number of amides is 1. The number of fused-ring (bicyclic) bond motifs is 1. The molecule has 0 aliphatic rings. The van der Waals surface area contributed by atoms with Crippen molar-refractivity contribution in [1.29, 1.82) is 0 Å². The Bertz CT molecular complexity index is 1190. The second-order valence-electron chi connectivity index (χ2n) is 6.47. The molecule has 4 aromatic rings. The Morgan fingerprint density at radius 3 is 2.72 bits per heavy atom. The maximum atomic E-state index is 13.7. The Kier molecular flexibility index (Phi) is 5.11. The van der Waals surface area contributed by atoms with Crippen LogP contribution in [0.15, 0.2) is 66.9 Å². The molecule has 0 spiro atoms. The fourth-order valence-electron chi connectivity index (χ4n) is 3.00. The summed E-state index contributed by atoms with van der Waals surface area (Å²) in [7, 11) is 0. The summed E-state index contributed by atoms with van der Waals surface area (Å²) in [5, 5.41) is 6.90. The van der Waals surface area contributed by atoms with Crippen molar-refractivity contribution in [2.75, 3.05) is 5.32 Å². The van der Waals surface area contributed by atoms with Crippen LogP contribution in [0, 0.1) is 12.7 Å². The van der Waals surface area contributed by atoms with E-state index in [0.717, 1.165) is 16.6 Å². The van der Waals surface area contributed by atoms with Crippen LogP contribution in [0.2, 0.25) is 0 Å². The zero-order valence-electron chi connectivity index (χ0n) is 15.7. The van der Waals surface area contributed by atoms with E-state index < -0.39 is 5.91 Å². The minimum absolute atomic E-state index is 0.0740. The van der Waals surface area contributed by atoms with Gasteiger partial charge in [0.15, 0.2) is 0 Å². The van der Waals surface area contributed by atoms with E-state index in [9.17, 15) is 9.18 Å². The normalized spacial score (nSPS) is 10.7. The highest BCUT2D eigenvalue weighted by Gasteiger charge is 2.12. The molecule has 2 aromatic carbocycles. The van der Waals surface area contributed by atoms with Crippen LogP contribution in [0.1, 0.15) is 21.9 Å². The standard InChI is InChI=1S/C22H18FN5O/c1-14-26-19(22(29)25-13-16-6-2-3-9-17(16)23)12-20(27-14)28-18-10-4-7-15-8-5-11-24-21(15)18/h2-12H,13H2,1H3,(H,25,29)(H,26,27,28). The molecule has 4 rings (SSSR count). The second-order valence-corrected chi connectivity index (χ2v) is 6.47. The molecule has 0 unspecified atom stereocenters. The van der Waals surface area contributed by atoms with Gasteiger partial charge in [0.1, 0.15) is 23.2 Å². The number of para-hydroxylation sites is 1. The van der Waals surface area contributed by atoms with E-state index in [-0.39, 0.29) is 18.1 Å². The SMILES string of the molecule is Cc1nc(Nc2cccc3cccnc23)cc(C(=O)NCc2ccccc2F)n1. The molecule has 2 N–H and O–H groups in total. The summed E-state index contributed by atoms with van der Waals surface area (Å²) < 4.78 is 13.7. The lowest BCUT2D eigenvalue weighted by Gasteiger charge is -2.11. The Morgan fingerprint density at radius 1 is 1.03 bits per heavy atom. The van der Waals surface area contributed by atoms with Gasteiger partial charge < -0.3 is 10.6 Å². The molecule has 0 bridgehead atoms. The Hall–Kier alpha value is -3.87. The Balaban J connectivity index is 1.56. The lowest BCUT2D eigenvalue weighted by Crippen LogP contribution is -2.25. The highest BCUT2D eigenvalue weighted by molar-refractivity contribution is 5.94. The highest BCUT2D eigenvalue weighted by Crippen LogP contribution is 2.24. The van der Waals surface area contributed by atoms with Crippen molar-refractivity contribution in [3.63, 3.8) is 0 Å². The number of rotatable bonds is 5. The molecule has 0 atom stereocenters. The van der Waals surface area contributed by atoms with E-state index >= 15 is 0 Å². The first-order chi connectivity index (χ1) is 14.1. The number of aryl methyl sites for hydroxylation is 1. The molecule has 7 heteroatoms. The van der Waals surface area contributed by atoms with E-state index in [1.165, 1.54) is 6.07 Å². The van der Waals surface area contributed by atoms with Crippen LogP contribution in [-0.2, 0) is 6.54 Å². The van der Waals surface area contributed by atoms with E-state index in [1.54, 1.807) is 37.4 Å². The molecule has 0 aliphatic heterocycles. The maximum absolute atomic E-state index is 13.7. The molecule has 2 heterocycles. The van der Waals surface area contributed by atoms with Crippen molar-refractivity contribution in [1.82, 2.24) is 20.3 Å². The van der Waals surface area contributed by atoms with Gasteiger partial charge in [0.2, 0.25) is 0 Å². The minimum atomic E-state index is -0.405. The van der Waals surface area contributed by atoms with Crippen LogP contribution >= 0.6 is 0 Å². The number of anilines is 2. The molecule has 0 saturated heterocycles. The van der Waals surface area contributed by atoms with Gasteiger partial charge in [0.05, 0.1) is 11.2 Å². The van der Waals surface area contributed by atoms with Crippen molar-refractivity contribution >= 4 is 28.3 Å². The fourth-order valence-corrected chi connectivity index (χ4v) is 3.00. The third-order valence-corrected chi connectivity index (χ3v) is 4.36. The van der Waals surface area contributed by atoms with Crippen LogP contribution in [0.5, 0.6) is 0 Å². The van der Waals surface area contributed by atoms with Gasteiger partial charge in [0, 0.05) is 29.8 Å². The predicted molar refractivity (Wildman–Crippen MR) is 109 cm³/mol. The van der Waals surface area contributed by atoms with E-state index in [2.05, 4.69) is 25.6 Å². The van der Waals surface area contributed by atoms with Gasteiger partial charge in [-0.2, -0.15) is 0 Å². The molecule has 6 nitrogen and oxygen atoms in total. The number of pyridine rings is 1. The minimum Gasteiger partial charge on any atom is -0.347 e. The van der Waals surface area contributed by atoms with Crippen molar-refractivity contribution in [3.8, 4) is 0 Å². The number of benzene rings is 2. The summed E-state index contributed by atoms with van der Waals surface area (Å²) in [5.41, 5.74) is 2.19. The van der Waals surface area contributed by atoms with Gasteiger partial charge >= 0.3 is 0 Å². The number of carbonyl (C=O) groups is 1. The first-order valence-electron chi connectivity index (χ1n) is 9.08. The van der Waals surface area contributed by atoms with Gasteiger partial charge in [-0.25, -0.2) is 14.4 Å². The zero-order chi connectivity index (χ0) is 20.2. The van der Waals surface area contributed by atoms with Gasteiger partial charge in [-0.15, -0.1) is 0 Å². The van der Waals surface area contributed by atoms with Gasteiger partial charge in [-0.05, 0) is 25.1 Å². The molecule has 144 valence electrons. The first kappa shape index (κ1) is 18.5. The van der Waals surface area contributed by atoms with Crippen LogP contribution in [0.3, 0.4) is 0 Å². The van der Waals surface area contributed by atoms with Gasteiger partial charge in [0.25, 0.3) is 5.91 Å². The van der Waals surface area contributed by atoms with Crippen LogP contribution in [0.4, 0.5) is 15.9 Å². The highest BCUT2D eigenvalue weighted by atomic mass is 19.1. The number of hydrogen-bond acceptors (Lipinski definition) is 5. The summed E-state index contributed by atoms with van der Waals surface area (Å²) >= 11 is 0. The summed E-state index contributed by atoms with van der Waals surface area (Å²) in [6.07, 6.45) is 1.72. The second kappa shape index (κ2) is 8.02. The fraction of sp³-hybridized carbons (Fsp3) is 0.0909. The monoisotopic (exact) mass is 387 g/mol.